The van der Waals surface area contributed by atoms with Gasteiger partial charge in [-0.1, -0.05) is 42.5 Å². The SMILES string of the molecule is Nc1ccccc1NC(=O)c1ccc(N2CCC3(CCN(C(=O)OCc4ccccc4)C3)CC2)nc1. The molecule has 2 aliphatic rings. The summed E-state index contributed by atoms with van der Waals surface area (Å²) in [4.78, 5) is 33.8. The lowest BCUT2D eigenvalue weighted by Gasteiger charge is -2.39. The van der Waals surface area contributed by atoms with Crippen LogP contribution in [0.5, 0.6) is 0 Å². The van der Waals surface area contributed by atoms with Crippen LogP contribution in [0, 0.1) is 5.41 Å². The quantitative estimate of drug-likeness (QED) is 0.515. The normalized spacial score (nSPS) is 16.7. The number of likely N-dealkylation sites (tertiary alicyclic amines) is 1. The fraction of sp³-hybridized carbons (Fsp3) is 0.321. The number of amides is 2. The van der Waals surface area contributed by atoms with Gasteiger partial charge >= 0.3 is 6.09 Å². The Kier molecular flexibility index (Phi) is 6.75. The van der Waals surface area contributed by atoms with Gasteiger partial charge in [0.1, 0.15) is 12.4 Å². The van der Waals surface area contributed by atoms with E-state index in [2.05, 4.69) is 15.2 Å². The minimum Gasteiger partial charge on any atom is -0.445 e. The van der Waals surface area contributed by atoms with Crippen molar-refractivity contribution in [3.63, 3.8) is 0 Å². The van der Waals surface area contributed by atoms with Crippen LogP contribution in [0.2, 0.25) is 0 Å². The molecular formula is C28H31N5O3. The Labute approximate surface area is 211 Å². The summed E-state index contributed by atoms with van der Waals surface area (Å²) in [5, 5.41) is 2.83. The predicted molar refractivity (Wildman–Crippen MR) is 140 cm³/mol. The van der Waals surface area contributed by atoms with E-state index in [1.54, 1.807) is 24.4 Å². The van der Waals surface area contributed by atoms with Gasteiger partial charge in [0.2, 0.25) is 0 Å². The number of nitrogens with zero attached hydrogens (tertiary/aromatic N) is 3. The topological polar surface area (TPSA) is 101 Å². The number of nitrogen functional groups attached to an aromatic ring is 1. The highest BCUT2D eigenvalue weighted by molar-refractivity contribution is 6.05. The molecule has 2 aliphatic heterocycles. The summed E-state index contributed by atoms with van der Waals surface area (Å²) >= 11 is 0. The second kappa shape index (κ2) is 10.3. The predicted octanol–water partition coefficient (Wildman–Crippen LogP) is 4.55. The van der Waals surface area contributed by atoms with Gasteiger partial charge in [-0.3, -0.25) is 4.79 Å². The molecule has 0 atom stereocenters. The van der Waals surface area contributed by atoms with Crippen LogP contribution < -0.4 is 16.0 Å². The Hall–Kier alpha value is -4.07. The van der Waals surface area contributed by atoms with Crippen LogP contribution in [0.4, 0.5) is 22.0 Å². The highest BCUT2D eigenvalue weighted by atomic mass is 16.6. The average Bonchev–Trinajstić information content (AvgIpc) is 3.33. The lowest BCUT2D eigenvalue weighted by atomic mass is 9.78. The van der Waals surface area contributed by atoms with Gasteiger partial charge in [0, 0.05) is 32.4 Å². The molecule has 0 radical (unpaired) electrons. The van der Waals surface area contributed by atoms with Crippen LogP contribution in [0.3, 0.4) is 0 Å². The highest BCUT2D eigenvalue weighted by Crippen LogP contribution is 2.41. The monoisotopic (exact) mass is 485 g/mol. The van der Waals surface area contributed by atoms with Crippen molar-refractivity contribution in [1.82, 2.24) is 9.88 Å². The van der Waals surface area contributed by atoms with Crippen molar-refractivity contribution >= 4 is 29.2 Å². The largest absolute Gasteiger partial charge is 0.445 e. The van der Waals surface area contributed by atoms with Crippen LogP contribution in [-0.4, -0.2) is 48.1 Å². The molecule has 2 aromatic carbocycles. The number of nitrogens with one attached hydrogen (secondary N) is 1. The molecule has 0 aliphatic carbocycles. The summed E-state index contributed by atoms with van der Waals surface area (Å²) in [7, 11) is 0. The molecule has 2 saturated heterocycles. The summed E-state index contributed by atoms with van der Waals surface area (Å²) in [6, 6.07) is 20.6. The summed E-state index contributed by atoms with van der Waals surface area (Å²) in [6.07, 6.45) is 4.36. The molecule has 0 bridgehead atoms. The van der Waals surface area contributed by atoms with Crippen LogP contribution in [0.25, 0.3) is 0 Å². The number of aromatic nitrogens is 1. The van der Waals surface area contributed by atoms with Crippen molar-refractivity contribution < 1.29 is 14.3 Å². The first-order valence-corrected chi connectivity index (χ1v) is 12.3. The zero-order valence-electron chi connectivity index (χ0n) is 20.2. The fourth-order valence-corrected chi connectivity index (χ4v) is 5.03. The van der Waals surface area contributed by atoms with Crippen LogP contribution >= 0.6 is 0 Å². The molecule has 3 aromatic rings. The molecule has 8 heteroatoms. The smallest absolute Gasteiger partial charge is 0.410 e. The van der Waals surface area contributed by atoms with Gasteiger partial charge in [0.05, 0.1) is 16.9 Å². The zero-order valence-corrected chi connectivity index (χ0v) is 20.2. The van der Waals surface area contributed by atoms with E-state index >= 15 is 0 Å². The van der Waals surface area contributed by atoms with E-state index in [-0.39, 0.29) is 17.4 Å². The van der Waals surface area contributed by atoms with Crippen LogP contribution in [-0.2, 0) is 11.3 Å². The van der Waals surface area contributed by atoms with Crippen molar-refractivity contribution in [1.29, 1.82) is 0 Å². The van der Waals surface area contributed by atoms with Gasteiger partial charge in [0.15, 0.2) is 0 Å². The van der Waals surface area contributed by atoms with E-state index < -0.39 is 0 Å². The molecule has 1 aromatic heterocycles. The standard InChI is InChI=1S/C28H31N5O3/c29-23-8-4-5-9-24(23)31-26(34)22-10-11-25(30-18-22)32-15-12-28(13-16-32)14-17-33(20-28)27(35)36-19-21-6-2-1-3-7-21/h1-11,18H,12-17,19-20,29H2,(H,31,34). The number of benzene rings is 2. The lowest BCUT2D eigenvalue weighted by Crippen LogP contribution is -2.42. The number of hydrogen-bond donors (Lipinski definition) is 2. The summed E-state index contributed by atoms with van der Waals surface area (Å²) in [5.74, 6) is 0.618. The molecule has 5 rings (SSSR count). The third-order valence-corrected chi connectivity index (χ3v) is 7.27. The van der Waals surface area contributed by atoms with Gasteiger partial charge < -0.3 is 25.6 Å². The molecule has 8 nitrogen and oxygen atoms in total. The number of piperidine rings is 1. The van der Waals surface area contributed by atoms with E-state index in [4.69, 9.17) is 10.5 Å². The number of carbonyl (C=O) groups excluding carboxylic acids is 2. The minimum atomic E-state index is -0.241. The maximum atomic E-state index is 12.6. The summed E-state index contributed by atoms with van der Waals surface area (Å²) < 4.78 is 5.54. The first-order chi connectivity index (χ1) is 17.5. The van der Waals surface area contributed by atoms with Gasteiger partial charge in [-0.05, 0) is 54.5 Å². The van der Waals surface area contributed by atoms with Gasteiger partial charge in [-0.15, -0.1) is 0 Å². The number of para-hydroxylation sites is 2. The molecule has 2 amide bonds. The third-order valence-electron chi connectivity index (χ3n) is 7.27. The van der Waals surface area contributed by atoms with E-state index in [9.17, 15) is 9.59 Å². The number of rotatable bonds is 5. The molecule has 3 N–H and O–H groups in total. The molecule has 36 heavy (non-hydrogen) atoms. The van der Waals surface area contributed by atoms with Crippen molar-refractivity contribution in [2.75, 3.05) is 42.1 Å². The van der Waals surface area contributed by atoms with Gasteiger partial charge in [-0.25, -0.2) is 9.78 Å². The maximum absolute atomic E-state index is 12.6. The molecule has 2 fully saturated rings. The van der Waals surface area contributed by atoms with E-state index in [1.165, 1.54) is 0 Å². The first kappa shape index (κ1) is 23.7. The maximum Gasteiger partial charge on any atom is 0.410 e. The number of carbonyl (C=O) groups is 2. The average molecular weight is 486 g/mol. The van der Waals surface area contributed by atoms with Crippen molar-refractivity contribution in [2.24, 2.45) is 5.41 Å². The van der Waals surface area contributed by atoms with Crippen molar-refractivity contribution in [3.8, 4) is 0 Å². The van der Waals surface area contributed by atoms with E-state index in [1.807, 2.05) is 53.4 Å². The van der Waals surface area contributed by atoms with Crippen molar-refractivity contribution in [2.45, 2.75) is 25.9 Å². The lowest BCUT2D eigenvalue weighted by molar-refractivity contribution is 0.0973. The van der Waals surface area contributed by atoms with E-state index in [0.29, 0.717) is 23.5 Å². The molecule has 3 heterocycles. The number of nitrogens with two attached hydrogens (primary N) is 1. The molecular weight excluding hydrogens is 454 g/mol. The Morgan fingerprint density at radius 2 is 1.67 bits per heavy atom. The highest BCUT2D eigenvalue weighted by Gasteiger charge is 2.42. The molecule has 1 spiro atoms. The first-order valence-electron chi connectivity index (χ1n) is 12.3. The number of hydrogen-bond acceptors (Lipinski definition) is 6. The van der Waals surface area contributed by atoms with Crippen LogP contribution in [0.1, 0.15) is 35.2 Å². The molecule has 186 valence electrons. The summed E-state index contributed by atoms with van der Waals surface area (Å²) in [5.41, 5.74) is 8.64. The number of ether oxygens (including phenoxy) is 1. The Bertz CT molecular complexity index is 1210. The number of pyridine rings is 1. The van der Waals surface area contributed by atoms with Crippen molar-refractivity contribution in [3.05, 3.63) is 84.1 Å². The molecule has 0 saturated carbocycles. The Balaban J connectivity index is 1.12. The second-order valence-corrected chi connectivity index (χ2v) is 9.65. The number of anilines is 3. The Morgan fingerprint density at radius 3 is 2.39 bits per heavy atom. The van der Waals surface area contributed by atoms with Crippen LogP contribution in [0.15, 0.2) is 72.9 Å². The van der Waals surface area contributed by atoms with E-state index in [0.717, 1.165) is 56.8 Å². The second-order valence-electron chi connectivity index (χ2n) is 9.65. The zero-order chi connectivity index (χ0) is 25.0. The van der Waals surface area contributed by atoms with Gasteiger partial charge in [-0.2, -0.15) is 0 Å². The molecule has 0 unspecified atom stereocenters. The Morgan fingerprint density at radius 1 is 0.944 bits per heavy atom. The minimum absolute atomic E-state index is 0.137. The van der Waals surface area contributed by atoms with Gasteiger partial charge in [0.25, 0.3) is 5.91 Å². The fourth-order valence-electron chi connectivity index (χ4n) is 5.03. The third kappa shape index (κ3) is 5.27. The summed E-state index contributed by atoms with van der Waals surface area (Å²) in [6.45, 7) is 3.51.